The van der Waals surface area contributed by atoms with Gasteiger partial charge in [0.2, 0.25) is 0 Å². The summed E-state index contributed by atoms with van der Waals surface area (Å²) >= 11 is 1.60. The van der Waals surface area contributed by atoms with Crippen LogP contribution < -0.4 is 5.32 Å². The molecular weight excluding hydrogens is 288 g/mol. The fraction of sp³-hybridized carbons (Fsp3) is 0.867. The van der Waals surface area contributed by atoms with Crippen LogP contribution >= 0.6 is 11.8 Å². The van der Waals surface area contributed by atoms with Crippen LogP contribution in [0.5, 0.6) is 0 Å². The smallest absolute Gasteiger partial charge is 0.326 e. The Morgan fingerprint density at radius 1 is 1.29 bits per heavy atom. The lowest BCUT2D eigenvalue weighted by atomic mass is 9.96. The minimum absolute atomic E-state index is 0.182. The molecule has 0 aromatic carbocycles. The van der Waals surface area contributed by atoms with Crippen molar-refractivity contribution in [2.45, 2.75) is 57.0 Å². The third-order valence-corrected chi connectivity index (χ3v) is 5.35. The zero-order chi connectivity index (χ0) is 15.2. The molecule has 2 rings (SSSR count). The highest BCUT2D eigenvalue weighted by Crippen LogP contribution is 2.35. The van der Waals surface area contributed by atoms with Crippen molar-refractivity contribution in [3.8, 4) is 0 Å². The molecule has 0 aromatic rings. The largest absolute Gasteiger partial charge is 0.480 e. The van der Waals surface area contributed by atoms with Gasteiger partial charge in [0.05, 0.1) is 0 Å². The molecular formula is C15H26N2O3S. The predicted octanol–water partition coefficient (Wildman–Crippen LogP) is 2.56. The van der Waals surface area contributed by atoms with Crippen molar-refractivity contribution < 1.29 is 14.7 Å². The summed E-state index contributed by atoms with van der Waals surface area (Å²) in [7, 11) is 0. The van der Waals surface area contributed by atoms with E-state index < -0.39 is 12.0 Å². The molecule has 1 saturated carbocycles. The van der Waals surface area contributed by atoms with Gasteiger partial charge in [-0.3, -0.25) is 0 Å². The predicted molar refractivity (Wildman–Crippen MR) is 84.6 cm³/mol. The number of carbonyl (C=O) groups excluding carboxylic acids is 1. The number of thioether (sulfide) groups is 1. The molecule has 0 spiro atoms. The quantitative estimate of drug-likeness (QED) is 0.790. The summed E-state index contributed by atoms with van der Waals surface area (Å²) < 4.78 is 0. The lowest BCUT2D eigenvalue weighted by molar-refractivity contribution is -0.139. The number of hydrogen-bond acceptors (Lipinski definition) is 3. The molecule has 0 aromatic heterocycles. The van der Waals surface area contributed by atoms with Gasteiger partial charge in [0, 0.05) is 12.6 Å². The SMILES string of the molecule is CSCCC(NC(=O)N1CCCC1C1CCCC1)C(=O)O. The molecule has 1 aliphatic carbocycles. The maximum Gasteiger partial charge on any atom is 0.326 e. The average molecular weight is 314 g/mol. The summed E-state index contributed by atoms with van der Waals surface area (Å²) in [4.78, 5) is 25.6. The number of aliphatic carboxylic acids is 1. The molecule has 2 N–H and O–H groups in total. The Bertz CT molecular complexity index is 372. The summed E-state index contributed by atoms with van der Waals surface area (Å²) in [6.45, 7) is 0.766. The van der Waals surface area contributed by atoms with Crippen molar-refractivity contribution >= 4 is 23.8 Å². The van der Waals surface area contributed by atoms with Crippen molar-refractivity contribution in [1.82, 2.24) is 10.2 Å². The highest BCUT2D eigenvalue weighted by molar-refractivity contribution is 7.98. The van der Waals surface area contributed by atoms with Gasteiger partial charge >= 0.3 is 12.0 Å². The van der Waals surface area contributed by atoms with Crippen LogP contribution in [0.3, 0.4) is 0 Å². The summed E-state index contributed by atoms with van der Waals surface area (Å²) in [5.41, 5.74) is 0. The van der Waals surface area contributed by atoms with Crippen LogP contribution in [0.4, 0.5) is 4.79 Å². The van der Waals surface area contributed by atoms with Crippen molar-refractivity contribution in [3.05, 3.63) is 0 Å². The van der Waals surface area contributed by atoms with Gasteiger partial charge in [-0.25, -0.2) is 9.59 Å². The second-order valence-electron chi connectivity index (χ2n) is 6.07. The Morgan fingerprint density at radius 2 is 2.00 bits per heavy atom. The fourth-order valence-corrected chi connectivity index (χ4v) is 4.07. The van der Waals surface area contributed by atoms with Gasteiger partial charge in [0.15, 0.2) is 0 Å². The number of nitrogens with zero attached hydrogens (tertiary/aromatic N) is 1. The highest BCUT2D eigenvalue weighted by Gasteiger charge is 2.36. The summed E-state index contributed by atoms with van der Waals surface area (Å²) in [6, 6.07) is -0.629. The van der Waals surface area contributed by atoms with E-state index in [0.717, 1.165) is 25.1 Å². The topological polar surface area (TPSA) is 69.6 Å². The monoisotopic (exact) mass is 314 g/mol. The maximum absolute atomic E-state index is 12.4. The Labute approximate surface area is 130 Å². The van der Waals surface area contributed by atoms with Gasteiger partial charge in [0.25, 0.3) is 0 Å². The summed E-state index contributed by atoms with van der Waals surface area (Å²) in [5, 5.41) is 11.9. The van der Waals surface area contributed by atoms with Gasteiger partial charge in [-0.05, 0) is 50.0 Å². The van der Waals surface area contributed by atoms with Crippen LogP contribution in [0.15, 0.2) is 0 Å². The molecule has 1 saturated heterocycles. The third-order valence-electron chi connectivity index (χ3n) is 4.71. The van der Waals surface area contributed by atoms with E-state index in [1.54, 1.807) is 11.8 Å². The van der Waals surface area contributed by atoms with Crippen LogP contribution in [0.1, 0.15) is 44.9 Å². The maximum atomic E-state index is 12.4. The zero-order valence-electron chi connectivity index (χ0n) is 12.7. The van der Waals surface area contributed by atoms with E-state index in [9.17, 15) is 14.7 Å². The lowest BCUT2D eigenvalue weighted by Gasteiger charge is -2.30. The number of rotatable bonds is 6. The van der Waals surface area contributed by atoms with Crippen LogP contribution in [0.2, 0.25) is 0 Å². The summed E-state index contributed by atoms with van der Waals surface area (Å²) in [5.74, 6) is 0.422. The number of likely N-dealkylation sites (tertiary alicyclic amines) is 1. The number of carboxylic acid groups (broad SMARTS) is 1. The van der Waals surface area contributed by atoms with Gasteiger partial charge in [-0.1, -0.05) is 12.8 Å². The van der Waals surface area contributed by atoms with Crippen LogP contribution in [0, 0.1) is 5.92 Å². The van der Waals surface area contributed by atoms with Crippen LogP contribution in [-0.2, 0) is 4.79 Å². The lowest BCUT2D eigenvalue weighted by Crippen LogP contribution is -2.50. The molecule has 21 heavy (non-hydrogen) atoms. The van der Waals surface area contributed by atoms with Gasteiger partial charge in [0.1, 0.15) is 6.04 Å². The van der Waals surface area contributed by atoms with E-state index in [0.29, 0.717) is 18.4 Å². The van der Waals surface area contributed by atoms with Crippen molar-refractivity contribution in [1.29, 1.82) is 0 Å². The van der Waals surface area contributed by atoms with Gasteiger partial charge < -0.3 is 15.3 Å². The first-order valence-corrected chi connectivity index (χ1v) is 9.31. The standard InChI is InChI=1S/C15H26N2O3S/c1-21-10-8-12(14(18)19)16-15(20)17-9-4-7-13(17)11-5-2-3-6-11/h11-13H,2-10H2,1H3,(H,16,20)(H,18,19). The summed E-state index contributed by atoms with van der Waals surface area (Å²) in [6.07, 6.45) is 9.48. The molecule has 6 heteroatoms. The molecule has 2 aliphatic rings. The van der Waals surface area contributed by atoms with Gasteiger partial charge in [-0.2, -0.15) is 11.8 Å². The van der Waals surface area contributed by atoms with Gasteiger partial charge in [-0.15, -0.1) is 0 Å². The average Bonchev–Trinajstić information content (AvgIpc) is 3.11. The number of urea groups is 1. The Kier molecular flexibility index (Phi) is 6.21. The number of carbonyl (C=O) groups is 2. The number of hydrogen-bond donors (Lipinski definition) is 2. The fourth-order valence-electron chi connectivity index (χ4n) is 3.60. The molecule has 2 atom stereocenters. The minimum Gasteiger partial charge on any atom is -0.480 e. The van der Waals surface area contributed by atoms with Crippen molar-refractivity contribution in [2.24, 2.45) is 5.92 Å². The second-order valence-corrected chi connectivity index (χ2v) is 7.05. The van der Waals surface area contributed by atoms with E-state index in [4.69, 9.17) is 0 Å². The second kappa shape index (κ2) is 7.92. The Balaban J connectivity index is 1.92. The van der Waals surface area contributed by atoms with E-state index in [1.807, 2.05) is 11.2 Å². The Morgan fingerprint density at radius 3 is 2.62 bits per heavy atom. The number of carboxylic acids is 1. The number of nitrogens with one attached hydrogen (secondary N) is 1. The molecule has 2 amide bonds. The Hall–Kier alpha value is -0.910. The molecule has 2 unspecified atom stereocenters. The van der Waals surface area contributed by atoms with E-state index in [2.05, 4.69) is 5.32 Å². The molecule has 0 radical (unpaired) electrons. The molecule has 2 fully saturated rings. The first-order chi connectivity index (χ1) is 10.1. The molecule has 0 bridgehead atoms. The van der Waals surface area contributed by atoms with Crippen molar-refractivity contribution in [3.63, 3.8) is 0 Å². The first-order valence-electron chi connectivity index (χ1n) is 7.92. The van der Waals surface area contributed by atoms with E-state index >= 15 is 0 Å². The highest BCUT2D eigenvalue weighted by atomic mass is 32.2. The molecule has 1 heterocycles. The first kappa shape index (κ1) is 16.5. The van der Waals surface area contributed by atoms with Crippen LogP contribution in [0.25, 0.3) is 0 Å². The molecule has 120 valence electrons. The van der Waals surface area contributed by atoms with E-state index in [1.165, 1.54) is 25.7 Å². The van der Waals surface area contributed by atoms with Crippen molar-refractivity contribution in [2.75, 3.05) is 18.6 Å². The number of amides is 2. The molecule has 5 nitrogen and oxygen atoms in total. The minimum atomic E-state index is -0.936. The third kappa shape index (κ3) is 4.28. The normalized spacial score (nSPS) is 24.2. The molecule has 1 aliphatic heterocycles. The van der Waals surface area contributed by atoms with Crippen LogP contribution in [-0.4, -0.2) is 52.6 Å². The zero-order valence-corrected chi connectivity index (χ0v) is 13.5. The van der Waals surface area contributed by atoms with E-state index in [-0.39, 0.29) is 6.03 Å².